The van der Waals surface area contributed by atoms with Crippen molar-refractivity contribution in [2.24, 2.45) is 0 Å². The number of non-ortho nitro benzene ring substituents is 1. The zero-order valence-electron chi connectivity index (χ0n) is 14.6. The van der Waals surface area contributed by atoms with Gasteiger partial charge in [-0.2, -0.15) is 0 Å². The van der Waals surface area contributed by atoms with Gasteiger partial charge in [0.25, 0.3) is 11.6 Å². The highest BCUT2D eigenvalue weighted by atomic mass is 32.2. The second-order valence-corrected chi connectivity index (χ2v) is 7.12. The summed E-state index contributed by atoms with van der Waals surface area (Å²) in [6.07, 6.45) is 1.28. The minimum atomic E-state index is -4.20. The minimum Gasteiger partial charge on any atom is -0.495 e. The highest BCUT2D eigenvalue weighted by molar-refractivity contribution is 7.89. The second kappa shape index (κ2) is 8.59. The Kier molecular flexibility index (Phi) is 6.44. The number of nitrogens with zero attached hydrogens (tertiary/aromatic N) is 1. The predicted octanol–water partition coefficient (Wildman–Crippen LogP) is 2.46. The Morgan fingerprint density at radius 1 is 1.32 bits per heavy atom. The molecule has 0 atom stereocenters. The van der Waals surface area contributed by atoms with E-state index >= 15 is 0 Å². The van der Waals surface area contributed by atoms with E-state index in [-0.39, 0.29) is 29.2 Å². The van der Waals surface area contributed by atoms with Crippen LogP contribution in [-0.4, -0.2) is 32.9 Å². The van der Waals surface area contributed by atoms with Crippen LogP contribution in [0.1, 0.15) is 10.4 Å². The van der Waals surface area contributed by atoms with Gasteiger partial charge in [0.1, 0.15) is 16.5 Å². The topological polar surface area (TPSA) is 128 Å². The number of nitro groups is 1. The van der Waals surface area contributed by atoms with Gasteiger partial charge in [-0.15, -0.1) is 6.58 Å². The molecular formula is C17H16FN3O6S. The summed E-state index contributed by atoms with van der Waals surface area (Å²) in [4.78, 5) is 22.0. The molecule has 0 spiro atoms. The quantitative estimate of drug-likeness (QED) is 0.392. The standard InChI is InChI=1S/C17H16FN3O6S/c1-3-8-19-28(25,26)16-9-11(4-6-13(16)18)17(22)20-14-10-12(21(23)24)5-7-15(14)27-2/h3-7,9-10,19H,1,8H2,2H3,(H,20,22). The third-order valence-electron chi connectivity index (χ3n) is 3.54. The fraction of sp³-hybridized carbons (Fsp3) is 0.118. The van der Waals surface area contributed by atoms with Gasteiger partial charge in [-0.3, -0.25) is 14.9 Å². The molecule has 0 heterocycles. The average molecular weight is 409 g/mol. The number of carbonyl (C=O) groups is 1. The van der Waals surface area contributed by atoms with Crippen LogP contribution in [0.25, 0.3) is 0 Å². The monoisotopic (exact) mass is 409 g/mol. The molecule has 1 amide bonds. The van der Waals surface area contributed by atoms with Gasteiger partial charge in [-0.25, -0.2) is 17.5 Å². The zero-order valence-corrected chi connectivity index (χ0v) is 15.5. The summed E-state index contributed by atoms with van der Waals surface area (Å²) in [5, 5.41) is 13.3. The number of rotatable bonds is 8. The highest BCUT2D eigenvalue weighted by Gasteiger charge is 2.21. The van der Waals surface area contributed by atoms with Crippen molar-refractivity contribution in [3.63, 3.8) is 0 Å². The Balaban J connectivity index is 2.38. The summed E-state index contributed by atoms with van der Waals surface area (Å²) in [7, 11) is -2.89. The van der Waals surface area contributed by atoms with Gasteiger partial charge < -0.3 is 10.1 Å². The molecule has 148 valence electrons. The molecule has 9 nitrogen and oxygen atoms in total. The van der Waals surface area contributed by atoms with E-state index < -0.39 is 31.6 Å². The first-order valence-corrected chi connectivity index (χ1v) is 9.22. The Labute approximate surface area is 160 Å². The van der Waals surface area contributed by atoms with E-state index in [1.165, 1.54) is 25.3 Å². The van der Waals surface area contributed by atoms with Crippen LogP contribution in [0, 0.1) is 15.9 Å². The molecule has 0 unspecified atom stereocenters. The predicted molar refractivity (Wildman–Crippen MR) is 99.4 cm³/mol. The van der Waals surface area contributed by atoms with Crippen molar-refractivity contribution in [3.05, 3.63) is 70.5 Å². The van der Waals surface area contributed by atoms with Crippen molar-refractivity contribution in [2.75, 3.05) is 19.0 Å². The van der Waals surface area contributed by atoms with Crippen LogP contribution in [0.4, 0.5) is 15.8 Å². The maximum Gasteiger partial charge on any atom is 0.271 e. The number of amides is 1. The molecule has 0 bridgehead atoms. The van der Waals surface area contributed by atoms with Gasteiger partial charge in [0.05, 0.1) is 17.7 Å². The number of methoxy groups -OCH3 is 1. The molecule has 0 aliphatic heterocycles. The Morgan fingerprint density at radius 2 is 2.04 bits per heavy atom. The van der Waals surface area contributed by atoms with Gasteiger partial charge in [-0.1, -0.05) is 6.08 Å². The Hall–Kier alpha value is -3.31. The van der Waals surface area contributed by atoms with E-state index in [1.807, 2.05) is 0 Å². The molecule has 0 aliphatic carbocycles. The van der Waals surface area contributed by atoms with Crippen LogP contribution in [0.15, 0.2) is 53.9 Å². The Bertz CT molecular complexity index is 1040. The molecule has 2 rings (SSSR count). The lowest BCUT2D eigenvalue weighted by Gasteiger charge is -2.11. The number of halogens is 1. The van der Waals surface area contributed by atoms with Crippen LogP contribution < -0.4 is 14.8 Å². The first-order chi connectivity index (χ1) is 13.2. The van der Waals surface area contributed by atoms with Gasteiger partial charge in [0.15, 0.2) is 0 Å². The lowest BCUT2D eigenvalue weighted by atomic mass is 10.2. The largest absolute Gasteiger partial charge is 0.495 e. The summed E-state index contributed by atoms with van der Waals surface area (Å²) < 4.78 is 45.4. The molecule has 0 saturated carbocycles. The molecular weight excluding hydrogens is 393 g/mol. The lowest BCUT2D eigenvalue weighted by Crippen LogP contribution is -2.25. The normalized spacial score (nSPS) is 10.9. The summed E-state index contributed by atoms with van der Waals surface area (Å²) in [6, 6.07) is 6.36. The van der Waals surface area contributed by atoms with E-state index in [1.54, 1.807) is 0 Å². The van der Waals surface area contributed by atoms with Crippen molar-refractivity contribution in [2.45, 2.75) is 4.90 Å². The fourth-order valence-corrected chi connectivity index (χ4v) is 3.30. The SMILES string of the molecule is C=CCNS(=O)(=O)c1cc(C(=O)Nc2cc([N+](=O)[O-])ccc2OC)ccc1F. The first kappa shape index (κ1) is 21.0. The molecule has 0 radical (unpaired) electrons. The van der Waals surface area contributed by atoms with Crippen LogP contribution in [0.2, 0.25) is 0 Å². The number of nitrogens with one attached hydrogen (secondary N) is 2. The fourth-order valence-electron chi connectivity index (χ4n) is 2.20. The number of anilines is 1. The van der Waals surface area contributed by atoms with Crippen molar-refractivity contribution in [1.82, 2.24) is 4.72 Å². The van der Waals surface area contributed by atoms with E-state index in [0.29, 0.717) is 0 Å². The van der Waals surface area contributed by atoms with Crippen molar-refractivity contribution >= 4 is 27.3 Å². The zero-order chi connectivity index (χ0) is 20.9. The van der Waals surface area contributed by atoms with Crippen molar-refractivity contribution in [3.8, 4) is 5.75 Å². The number of hydrogen-bond donors (Lipinski definition) is 2. The summed E-state index contributed by atoms with van der Waals surface area (Å²) >= 11 is 0. The number of carbonyl (C=O) groups excluding carboxylic acids is 1. The van der Waals surface area contributed by atoms with Gasteiger partial charge in [0.2, 0.25) is 10.0 Å². The van der Waals surface area contributed by atoms with Crippen LogP contribution in [0.3, 0.4) is 0 Å². The van der Waals surface area contributed by atoms with E-state index in [2.05, 4.69) is 16.6 Å². The van der Waals surface area contributed by atoms with Gasteiger partial charge in [0, 0.05) is 24.2 Å². The summed E-state index contributed by atoms with van der Waals surface area (Å²) in [6.45, 7) is 3.24. The number of nitro benzene ring substituents is 1. The maximum absolute atomic E-state index is 14.0. The molecule has 2 aromatic carbocycles. The van der Waals surface area contributed by atoms with E-state index in [0.717, 1.165) is 24.3 Å². The van der Waals surface area contributed by atoms with Gasteiger partial charge in [-0.05, 0) is 24.3 Å². The van der Waals surface area contributed by atoms with E-state index in [9.17, 15) is 27.7 Å². The number of ether oxygens (including phenoxy) is 1. The second-order valence-electron chi connectivity index (χ2n) is 5.38. The lowest BCUT2D eigenvalue weighted by molar-refractivity contribution is -0.384. The molecule has 0 aliphatic rings. The summed E-state index contributed by atoms with van der Waals surface area (Å²) in [5.41, 5.74) is -0.457. The molecule has 0 saturated heterocycles. The molecule has 2 aromatic rings. The maximum atomic E-state index is 14.0. The van der Waals surface area contributed by atoms with Gasteiger partial charge >= 0.3 is 0 Å². The highest BCUT2D eigenvalue weighted by Crippen LogP contribution is 2.29. The average Bonchev–Trinajstić information content (AvgIpc) is 2.66. The minimum absolute atomic E-state index is 0.000199. The summed E-state index contributed by atoms with van der Waals surface area (Å²) in [5.74, 6) is -1.69. The molecule has 11 heteroatoms. The number of hydrogen-bond acceptors (Lipinski definition) is 6. The number of sulfonamides is 1. The van der Waals surface area contributed by atoms with Crippen LogP contribution in [-0.2, 0) is 10.0 Å². The number of benzene rings is 2. The third-order valence-corrected chi connectivity index (χ3v) is 4.98. The third kappa shape index (κ3) is 4.69. The molecule has 28 heavy (non-hydrogen) atoms. The van der Waals surface area contributed by atoms with E-state index in [4.69, 9.17) is 4.74 Å². The Morgan fingerprint density at radius 3 is 2.64 bits per heavy atom. The molecule has 0 aromatic heterocycles. The molecule has 2 N–H and O–H groups in total. The molecule has 0 fully saturated rings. The van der Waals surface area contributed by atoms with Crippen molar-refractivity contribution < 1.29 is 27.3 Å². The first-order valence-electron chi connectivity index (χ1n) is 7.73. The van der Waals surface area contributed by atoms with Crippen molar-refractivity contribution in [1.29, 1.82) is 0 Å². The smallest absolute Gasteiger partial charge is 0.271 e. The van der Waals surface area contributed by atoms with Crippen LogP contribution in [0.5, 0.6) is 5.75 Å². The van der Waals surface area contributed by atoms with Crippen LogP contribution >= 0.6 is 0 Å².